The molecule has 4 heteroatoms. The van der Waals surface area contributed by atoms with E-state index < -0.39 is 0 Å². The van der Waals surface area contributed by atoms with Gasteiger partial charge in [0.15, 0.2) is 0 Å². The van der Waals surface area contributed by atoms with Gasteiger partial charge in [-0.3, -0.25) is 14.9 Å². The summed E-state index contributed by atoms with van der Waals surface area (Å²) in [5, 5.41) is 2.31. The fraction of sp³-hybridized carbons (Fsp3) is 0.600. The van der Waals surface area contributed by atoms with Crippen molar-refractivity contribution < 1.29 is 9.59 Å². The Bertz CT molecular complexity index is 215. The van der Waals surface area contributed by atoms with Crippen molar-refractivity contribution in [3.05, 3.63) is 0 Å². The maximum atomic E-state index is 10.9. The molecule has 1 N–H and O–H groups in total. The van der Waals surface area contributed by atoms with Crippen LogP contribution in [0.15, 0.2) is 0 Å². The number of hydrogen-bond acceptors (Lipinski definition) is 2. The van der Waals surface area contributed by atoms with Crippen molar-refractivity contribution in [1.29, 1.82) is 0 Å². The molecule has 1 saturated heterocycles. The monoisotopic (exact) mass is 139 g/mol. The molecule has 2 fully saturated rings. The summed E-state index contributed by atoms with van der Waals surface area (Å²) in [7, 11) is 0. The second-order valence-corrected chi connectivity index (χ2v) is 4.78. The van der Waals surface area contributed by atoms with Gasteiger partial charge in [0.25, 0.3) is 0 Å². The second kappa shape index (κ2) is 1.23. The van der Waals surface area contributed by atoms with Gasteiger partial charge in [-0.25, -0.2) is 0 Å². The predicted molar refractivity (Wildman–Crippen MR) is 32.5 cm³/mol. The first kappa shape index (κ1) is 5.46. The minimum absolute atomic E-state index is 0.0239. The highest BCUT2D eigenvalue weighted by molar-refractivity contribution is 6.38. The maximum absolute atomic E-state index is 10.9. The average molecular weight is 139 g/mol. The smallest absolute Gasteiger partial charge is 0.238 e. The highest BCUT2D eigenvalue weighted by atomic mass is 27.0. The SMILES string of the molecule is O=C1NC(=O)[C]2([AlH2])CC12. The van der Waals surface area contributed by atoms with Crippen molar-refractivity contribution in [2.45, 2.75) is 10.7 Å². The fourth-order valence-electron chi connectivity index (χ4n) is 1.34. The zero-order valence-corrected chi connectivity index (χ0v) is 7.10. The standard InChI is InChI=1S/C5H4NO2.Al.2H/c7-4-2-1-3(2)5(8)6-4;;;/h2H,1H2,(H,6,7,8);;;. The molecule has 2 rings (SSSR count). The van der Waals surface area contributed by atoms with Gasteiger partial charge in [0, 0.05) is 10.2 Å². The molecule has 2 unspecified atom stereocenters. The van der Waals surface area contributed by atoms with E-state index in [2.05, 4.69) is 5.32 Å². The second-order valence-electron chi connectivity index (χ2n) is 2.99. The first-order valence-corrected chi connectivity index (χ1v) is 4.00. The van der Waals surface area contributed by atoms with E-state index >= 15 is 0 Å². The average Bonchev–Trinajstić information content (AvgIpc) is 2.38. The van der Waals surface area contributed by atoms with E-state index in [4.69, 9.17) is 0 Å². The Morgan fingerprint density at radius 2 is 2.33 bits per heavy atom. The molecule has 2 atom stereocenters. The first-order chi connectivity index (χ1) is 4.14. The van der Waals surface area contributed by atoms with Crippen LogP contribution in [0.4, 0.5) is 0 Å². The molecule has 2 aliphatic rings. The molecule has 0 aromatic carbocycles. The van der Waals surface area contributed by atoms with E-state index in [0.717, 1.165) is 22.7 Å². The van der Waals surface area contributed by atoms with Crippen LogP contribution in [0.1, 0.15) is 6.42 Å². The normalized spacial score (nSPS) is 46.4. The molecule has 0 radical (unpaired) electrons. The van der Waals surface area contributed by atoms with E-state index in [9.17, 15) is 9.59 Å². The molecule has 46 valence electrons. The van der Waals surface area contributed by atoms with E-state index in [0.29, 0.717) is 0 Å². The first-order valence-electron chi connectivity index (χ1n) is 3.00. The largest absolute Gasteiger partial charge is 0.297 e. The Labute approximate surface area is 60.2 Å². The minimum atomic E-state index is -0.170. The summed E-state index contributed by atoms with van der Waals surface area (Å²) in [6.45, 7) is 0. The highest BCUT2D eigenvalue weighted by Gasteiger charge is 2.64. The lowest BCUT2D eigenvalue weighted by molar-refractivity contribution is -0.127. The van der Waals surface area contributed by atoms with Gasteiger partial charge in [-0.15, -0.1) is 0 Å². The topological polar surface area (TPSA) is 46.2 Å². The lowest BCUT2D eigenvalue weighted by atomic mass is 10.3. The summed E-state index contributed by atoms with van der Waals surface area (Å²) in [5.41, 5.74) is 0. The fourth-order valence-corrected chi connectivity index (χ4v) is 2.14. The third-order valence-electron chi connectivity index (χ3n) is 2.31. The van der Waals surface area contributed by atoms with Crippen molar-refractivity contribution in [3.63, 3.8) is 0 Å². The third-order valence-corrected chi connectivity index (χ3v) is 3.87. The van der Waals surface area contributed by atoms with E-state index in [1.807, 2.05) is 0 Å². The zero-order valence-electron chi connectivity index (χ0n) is 5.10. The molecule has 0 aromatic heterocycles. The van der Waals surface area contributed by atoms with Crippen LogP contribution in [0.25, 0.3) is 0 Å². The summed E-state index contributed by atoms with van der Waals surface area (Å²) in [6, 6.07) is 0. The van der Waals surface area contributed by atoms with Crippen molar-refractivity contribution in [3.8, 4) is 0 Å². The van der Waals surface area contributed by atoms with Crippen LogP contribution < -0.4 is 5.32 Å². The van der Waals surface area contributed by atoms with Gasteiger partial charge in [-0.1, -0.05) is 0 Å². The van der Waals surface area contributed by atoms with E-state index in [1.165, 1.54) is 0 Å². The number of imide groups is 1. The van der Waals surface area contributed by atoms with Gasteiger partial charge >= 0.3 is 0 Å². The highest BCUT2D eigenvalue weighted by Crippen LogP contribution is 2.60. The van der Waals surface area contributed by atoms with Gasteiger partial charge < -0.3 is 0 Å². The Morgan fingerprint density at radius 1 is 1.67 bits per heavy atom. The van der Waals surface area contributed by atoms with Crippen LogP contribution in [-0.2, 0) is 9.59 Å². The molecule has 0 bridgehead atoms. The summed E-state index contributed by atoms with van der Waals surface area (Å²) in [6.07, 6.45) is 0.823. The summed E-state index contributed by atoms with van der Waals surface area (Å²) < 4.78 is -0.170. The molecular weight excluding hydrogens is 133 g/mol. The molecule has 1 aliphatic carbocycles. The molecule has 2 amide bonds. The number of piperidine rings is 1. The molecule has 0 aromatic rings. The number of amides is 2. The molecule has 3 nitrogen and oxygen atoms in total. The Morgan fingerprint density at radius 3 is 2.44 bits per heavy atom. The molecule has 1 saturated carbocycles. The van der Waals surface area contributed by atoms with Crippen molar-refractivity contribution in [2.24, 2.45) is 5.92 Å². The van der Waals surface area contributed by atoms with Crippen molar-refractivity contribution in [1.82, 2.24) is 5.32 Å². The number of nitrogens with one attached hydrogen (secondary N) is 1. The predicted octanol–water partition coefficient (Wildman–Crippen LogP) is -1.55. The van der Waals surface area contributed by atoms with Crippen molar-refractivity contribution in [2.75, 3.05) is 0 Å². The summed E-state index contributed by atoms with van der Waals surface area (Å²) in [4.78, 5) is 21.6. The Kier molecular flexibility index (Phi) is 0.745. The number of carbonyl (C=O) groups is 2. The Hall–Kier alpha value is -0.328. The van der Waals surface area contributed by atoms with Crippen molar-refractivity contribution >= 4 is 28.1 Å². The van der Waals surface area contributed by atoms with Crippen LogP contribution in [-0.4, -0.2) is 28.1 Å². The molecule has 0 spiro atoms. The summed E-state index contributed by atoms with van der Waals surface area (Å²) in [5.74, 6) is -0.00386. The van der Waals surface area contributed by atoms with Gasteiger partial charge in [-0.05, 0) is 6.42 Å². The molecule has 1 heterocycles. The van der Waals surface area contributed by atoms with E-state index in [-0.39, 0.29) is 22.0 Å². The molecule has 9 heavy (non-hydrogen) atoms. The Balaban J connectivity index is 2.38. The molecule has 1 aliphatic heterocycles. The summed E-state index contributed by atoms with van der Waals surface area (Å²) >= 11 is 0.825. The van der Waals surface area contributed by atoms with Crippen LogP contribution in [0, 0.1) is 5.92 Å². The van der Waals surface area contributed by atoms with Crippen LogP contribution in [0.3, 0.4) is 0 Å². The number of fused-ring (bicyclic) bond motifs is 1. The minimum Gasteiger partial charge on any atom is -0.297 e. The van der Waals surface area contributed by atoms with Gasteiger partial charge in [0.1, 0.15) is 0 Å². The van der Waals surface area contributed by atoms with Gasteiger partial charge in [0.05, 0.1) is 0 Å². The number of hydrogen-bond donors (Lipinski definition) is 1. The van der Waals surface area contributed by atoms with Crippen LogP contribution in [0.5, 0.6) is 0 Å². The lowest BCUT2D eigenvalue weighted by Crippen LogP contribution is -2.26. The third kappa shape index (κ3) is 0.480. The number of carbonyl (C=O) groups excluding carboxylic acids is 2. The maximum Gasteiger partial charge on any atom is 0.238 e. The van der Waals surface area contributed by atoms with Crippen LogP contribution in [0.2, 0.25) is 4.28 Å². The van der Waals surface area contributed by atoms with Gasteiger partial charge in [0.2, 0.25) is 28.1 Å². The molecular formula is C5H6AlNO2. The lowest BCUT2D eigenvalue weighted by Gasteiger charge is -1.96. The quantitative estimate of drug-likeness (QED) is 0.326. The van der Waals surface area contributed by atoms with Gasteiger partial charge in [-0.2, -0.15) is 0 Å². The number of rotatable bonds is 0. The zero-order chi connectivity index (χ0) is 6.65. The van der Waals surface area contributed by atoms with Crippen LogP contribution >= 0.6 is 0 Å². The van der Waals surface area contributed by atoms with E-state index in [1.54, 1.807) is 0 Å².